The number of halogens is 2. The largest absolute Gasteiger partial charge is 0.325 e. The zero-order valence-corrected chi connectivity index (χ0v) is 14.7. The van der Waals surface area contributed by atoms with Crippen molar-refractivity contribution in [2.75, 3.05) is 11.9 Å². The maximum atomic E-state index is 13.2. The molecule has 25 heavy (non-hydrogen) atoms. The summed E-state index contributed by atoms with van der Waals surface area (Å²) in [5, 5.41) is 3.01. The minimum absolute atomic E-state index is 0.0855. The van der Waals surface area contributed by atoms with Crippen molar-refractivity contribution >= 4 is 33.2 Å². The first kappa shape index (κ1) is 17.8. The molecule has 2 aromatic rings. The van der Waals surface area contributed by atoms with Crippen LogP contribution in [0.2, 0.25) is 5.02 Å². The lowest BCUT2D eigenvalue weighted by atomic mass is 10.2. The molecule has 0 aromatic heterocycles. The van der Waals surface area contributed by atoms with Crippen molar-refractivity contribution in [1.29, 1.82) is 0 Å². The lowest BCUT2D eigenvalue weighted by Gasteiger charge is -2.23. The molecule has 1 N–H and O–H groups in total. The van der Waals surface area contributed by atoms with E-state index in [4.69, 9.17) is 11.6 Å². The predicted octanol–water partition coefficient (Wildman–Crippen LogP) is 3.27. The lowest BCUT2D eigenvalue weighted by molar-refractivity contribution is -0.119. The van der Waals surface area contributed by atoms with E-state index in [1.165, 1.54) is 46.8 Å². The molecule has 0 radical (unpaired) electrons. The van der Waals surface area contributed by atoms with Gasteiger partial charge >= 0.3 is 0 Å². The molecule has 0 bridgehead atoms. The third-order valence-corrected chi connectivity index (χ3v) is 6.19. The molecule has 1 aliphatic heterocycles. The van der Waals surface area contributed by atoms with Crippen molar-refractivity contribution in [3.8, 4) is 0 Å². The van der Waals surface area contributed by atoms with Crippen LogP contribution in [0, 0.1) is 5.82 Å². The predicted molar refractivity (Wildman–Crippen MR) is 93.4 cm³/mol. The Morgan fingerprint density at radius 2 is 1.92 bits per heavy atom. The summed E-state index contributed by atoms with van der Waals surface area (Å²) in [4.78, 5) is 12.6. The molecule has 1 heterocycles. The Morgan fingerprint density at radius 1 is 1.20 bits per heavy atom. The van der Waals surface area contributed by atoms with Crippen molar-refractivity contribution in [1.82, 2.24) is 4.31 Å². The highest BCUT2D eigenvalue weighted by Gasteiger charge is 2.39. The fourth-order valence-electron chi connectivity index (χ4n) is 2.82. The Kier molecular flexibility index (Phi) is 5.08. The summed E-state index contributed by atoms with van der Waals surface area (Å²) in [6.07, 6.45) is 0.988. The van der Waals surface area contributed by atoms with E-state index in [1.54, 1.807) is 6.07 Å². The molecule has 0 saturated carbocycles. The maximum absolute atomic E-state index is 13.2. The Bertz CT molecular complexity index is 887. The van der Waals surface area contributed by atoms with E-state index < -0.39 is 27.8 Å². The number of nitrogens with one attached hydrogen (secondary N) is 1. The first-order valence-electron chi connectivity index (χ1n) is 7.72. The highest BCUT2D eigenvalue weighted by atomic mass is 35.5. The van der Waals surface area contributed by atoms with Gasteiger partial charge in [0.15, 0.2) is 0 Å². The smallest absolute Gasteiger partial charge is 0.243 e. The average molecular weight is 383 g/mol. The van der Waals surface area contributed by atoms with Crippen LogP contribution in [0.3, 0.4) is 0 Å². The quantitative estimate of drug-likeness (QED) is 0.882. The zero-order valence-electron chi connectivity index (χ0n) is 13.2. The molecule has 3 rings (SSSR count). The van der Waals surface area contributed by atoms with Gasteiger partial charge in [-0.3, -0.25) is 4.79 Å². The summed E-state index contributed by atoms with van der Waals surface area (Å²) in [5.74, 6) is -0.949. The van der Waals surface area contributed by atoms with Crippen molar-refractivity contribution in [2.24, 2.45) is 0 Å². The first-order chi connectivity index (χ1) is 11.9. The molecule has 1 fully saturated rings. The Hall–Kier alpha value is -1.96. The molecular formula is C17H16ClFN2O3S. The van der Waals surface area contributed by atoms with Gasteiger partial charge in [0.1, 0.15) is 11.9 Å². The highest BCUT2D eigenvalue weighted by molar-refractivity contribution is 7.89. The fourth-order valence-corrected chi connectivity index (χ4v) is 4.61. The second-order valence-corrected chi connectivity index (χ2v) is 8.05. The van der Waals surface area contributed by atoms with Gasteiger partial charge in [0.05, 0.1) is 4.90 Å². The van der Waals surface area contributed by atoms with Gasteiger partial charge in [0.25, 0.3) is 0 Å². The van der Waals surface area contributed by atoms with E-state index in [1.807, 2.05) is 0 Å². The van der Waals surface area contributed by atoms with Gasteiger partial charge in [-0.1, -0.05) is 17.7 Å². The van der Waals surface area contributed by atoms with Crippen LogP contribution in [0.5, 0.6) is 0 Å². The number of carbonyl (C=O) groups is 1. The second kappa shape index (κ2) is 7.11. The summed E-state index contributed by atoms with van der Waals surface area (Å²) in [6.45, 7) is 0.256. The van der Waals surface area contributed by atoms with E-state index in [2.05, 4.69) is 5.32 Å². The van der Waals surface area contributed by atoms with Gasteiger partial charge < -0.3 is 5.32 Å². The summed E-state index contributed by atoms with van der Waals surface area (Å²) >= 11 is 5.80. The van der Waals surface area contributed by atoms with Crippen molar-refractivity contribution in [3.63, 3.8) is 0 Å². The minimum atomic E-state index is -3.81. The summed E-state index contributed by atoms with van der Waals surface area (Å²) < 4.78 is 40.1. The highest BCUT2D eigenvalue weighted by Crippen LogP contribution is 2.27. The summed E-state index contributed by atoms with van der Waals surface area (Å²) in [5.41, 5.74) is 0.292. The molecule has 1 aliphatic rings. The lowest BCUT2D eigenvalue weighted by Crippen LogP contribution is -2.43. The number of rotatable bonds is 4. The molecule has 5 nitrogen and oxygen atoms in total. The van der Waals surface area contributed by atoms with Crippen LogP contribution in [0.1, 0.15) is 12.8 Å². The van der Waals surface area contributed by atoms with Crippen LogP contribution in [0.4, 0.5) is 10.1 Å². The molecule has 1 unspecified atom stereocenters. The number of hydrogen-bond acceptors (Lipinski definition) is 3. The molecule has 1 amide bonds. The van der Waals surface area contributed by atoms with Crippen molar-refractivity contribution in [3.05, 3.63) is 59.4 Å². The monoisotopic (exact) mass is 382 g/mol. The van der Waals surface area contributed by atoms with Gasteiger partial charge in [0, 0.05) is 17.3 Å². The average Bonchev–Trinajstić information content (AvgIpc) is 3.06. The van der Waals surface area contributed by atoms with Crippen LogP contribution < -0.4 is 5.32 Å². The molecule has 1 saturated heterocycles. The van der Waals surface area contributed by atoms with E-state index in [9.17, 15) is 17.6 Å². The zero-order chi connectivity index (χ0) is 18.0. The van der Waals surface area contributed by atoms with E-state index in [0.717, 1.165) is 0 Å². The van der Waals surface area contributed by atoms with Crippen LogP contribution in [0.15, 0.2) is 53.4 Å². The van der Waals surface area contributed by atoms with Gasteiger partial charge in [-0.15, -0.1) is 0 Å². The molecule has 2 aromatic carbocycles. The minimum Gasteiger partial charge on any atom is -0.325 e. The van der Waals surface area contributed by atoms with Crippen LogP contribution in [0.25, 0.3) is 0 Å². The van der Waals surface area contributed by atoms with Crippen LogP contribution in [-0.4, -0.2) is 31.2 Å². The molecule has 0 spiro atoms. The molecular weight excluding hydrogens is 367 g/mol. The van der Waals surface area contributed by atoms with Crippen LogP contribution in [-0.2, 0) is 14.8 Å². The second-order valence-electron chi connectivity index (χ2n) is 5.73. The molecule has 0 aliphatic carbocycles. The third-order valence-electron chi connectivity index (χ3n) is 4.02. The number of sulfonamides is 1. The number of nitrogens with zero attached hydrogens (tertiary/aromatic N) is 1. The third kappa shape index (κ3) is 3.84. The van der Waals surface area contributed by atoms with Gasteiger partial charge in [0.2, 0.25) is 15.9 Å². The van der Waals surface area contributed by atoms with E-state index in [-0.39, 0.29) is 11.4 Å². The van der Waals surface area contributed by atoms with Crippen LogP contribution >= 0.6 is 11.6 Å². The number of carbonyl (C=O) groups excluding carboxylic acids is 1. The normalized spacial score (nSPS) is 18.2. The molecule has 1 atom stereocenters. The van der Waals surface area contributed by atoms with E-state index >= 15 is 0 Å². The number of amides is 1. The number of benzene rings is 2. The molecule has 132 valence electrons. The maximum Gasteiger partial charge on any atom is 0.243 e. The Labute approximate surface area is 150 Å². The SMILES string of the molecule is O=C(Nc1cccc(F)c1)C1CCCN1S(=O)(=O)c1ccc(Cl)cc1. The first-order valence-corrected chi connectivity index (χ1v) is 9.53. The van der Waals surface area contributed by atoms with E-state index in [0.29, 0.717) is 23.6 Å². The number of anilines is 1. The van der Waals surface area contributed by atoms with Gasteiger partial charge in [-0.25, -0.2) is 12.8 Å². The van der Waals surface area contributed by atoms with Gasteiger partial charge in [-0.05, 0) is 55.3 Å². The molecule has 8 heteroatoms. The Balaban J connectivity index is 1.82. The van der Waals surface area contributed by atoms with Crippen molar-refractivity contribution in [2.45, 2.75) is 23.8 Å². The summed E-state index contributed by atoms with van der Waals surface area (Å²) in [6, 6.07) is 10.5. The Morgan fingerprint density at radius 3 is 2.60 bits per heavy atom. The standard InChI is InChI=1S/C17H16ClFN2O3S/c18-12-6-8-15(9-7-12)25(23,24)21-10-2-5-16(21)17(22)20-14-4-1-3-13(19)11-14/h1,3-4,6-9,11,16H,2,5,10H2,(H,20,22). The number of hydrogen-bond donors (Lipinski definition) is 1. The topological polar surface area (TPSA) is 66.5 Å². The fraction of sp³-hybridized carbons (Fsp3) is 0.235. The van der Waals surface area contributed by atoms with Crippen molar-refractivity contribution < 1.29 is 17.6 Å². The summed E-state index contributed by atoms with van der Waals surface area (Å²) in [7, 11) is -3.81. The van der Waals surface area contributed by atoms with Gasteiger partial charge in [-0.2, -0.15) is 4.31 Å².